The Balaban J connectivity index is 0.000000307. The predicted octanol–water partition coefficient (Wildman–Crippen LogP) is 6.82. The van der Waals surface area contributed by atoms with Crippen LogP contribution in [0.4, 0.5) is 0 Å². The number of aromatic hydroxyl groups is 2. The Bertz CT molecular complexity index is 590. The van der Waals surface area contributed by atoms with Gasteiger partial charge in [0.05, 0.1) is 10.0 Å². The van der Waals surface area contributed by atoms with Crippen molar-refractivity contribution in [2.24, 2.45) is 0 Å². The van der Waals surface area contributed by atoms with Gasteiger partial charge in [-0.05, 0) is 22.9 Å². The second-order valence-electron chi connectivity index (χ2n) is 4.15. The minimum Gasteiger partial charge on any atom is -0.498 e. The molecule has 0 bridgehead atoms. The monoisotopic (exact) mass is 488 g/mol. The first-order chi connectivity index (χ1) is 11.6. The van der Waals surface area contributed by atoms with Gasteiger partial charge in [0, 0.05) is 0 Å². The van der Waals surface area contributed by atoms with Crippen molar-refractivity contribution in [2.75, 3.05) is 0 Å². The maximum atomic E-state index is 8.65. The van der Waals surface area contributed by atoms with Crippen LogP contribution in [-0.4, -0.2) is 10.2 Å². The average Bonchev–Trinajstić information content (AvgIpc) is 3.36. The van der Waals surface area contributed by atoms with Crippen LogP contribution in [0.25, 0.3) is 0 Å². The van der Waals surface area contributed by atoms with E-state index in [0.717, 1.165) is 12.8 Å². The van der Waals surface area contributed by atoms with Crippen molar-refractivity contribution in [3.8, 4) is 10.1 Å². The van der Waals surface area contributed by atoms with Crippen molar-refractivity contribution in [3.63, 3.8) is 0 Å². The zero-order chi connectivity index (χ0) is 17.6. The van der Waals surface area contributed by atoms with Gasteiger partial charge in [0.25, 0.3) is 0 Å². The first kappa shape index (κ1) is 24.4. The molecule has 0 saturated heterocycles. The first-order valence-corrected chi connectivity index (χ1v) is 9.40. The molecule has 2 aromatic rings. The number of rotatable bonds is 0. The molecule has 0 aliphatic heterocycles. The van der Waals surface area contributed by atoms with Crippen LogP contribution in [-0.2, 0) is 26.2 Å². The molecule has 2 aromatic heterocycles. The van der Waals surface area contributed by atoms with Gasteiger partial charge in [0.2, 0.25) is 0 Å². The van der Waals surface area contributed by atoms with Crippen LogP contribution in [0.3, 0.4) is 0 Å². The first-order valence-electron chi connectivity index (χ1n) is 6.88. The predicted molar refractivity (Wildman–Crippen MR) is 105 cm³/mol. The molecule has 0 atom stereocenters. The van der Waals surface area contributed by atoms with E-state index >= 15 is 0 Å². The largest absolute Gasteiger partial charge is 2.00 e. The fraction of sp³-hybridized carbons (Fsp3) is 0.111. The third-order valence-corrected chi connectivity index (χ3v) is 4.63. The van der Waals surface area contributed by atoms with Crippen molar-refractivity contribution in [2.45, 2.75) is 12.8 Å². The van der Waals surface area contributed by atoms with Crippen LogP contribution in [0.2, 0.25) is 10.0 Å². The summed E-state index contributed by atoms with van der Waals surface area (Å²) in [6.07, 6.45) is 20.0. The fourth-order valence-electron chi connectivity index (χ4n) is 1.25. The number of allylic oxidation sites excluding steroid dienone is 8. The molecular weight excluding hydrogens is 474 g/mol. The third-order valence-electron chi connectivity index (χ3n) is 2.37. The summed E-state index contributed by atoms with van der Waals surface area (Å²) in [6.45, 7) is 0. The van der Waals surface area contributed by atoms with Gasteiger partial charge in [-0.3, -0.25) is 12.2 Å². The summed E-state index contributed by atoms with van der Waals surface area (Å²) in [5.74, 6) is 0. The number of hydrogen-bond donors (Lipinski definition) is 2. The molecule has 0 unspecified atom stereocenters. The smallest absolute Gasteiger partial charge is 0.498 e. The molecule has 0 radical (unpaired) electrons. The van der Waals surface area contributed by atoms with Crippen LogP contribution < -0.4 is 0 Å². The van der Waals surface area contributed by atoms with Crippen LogP contribution in [0.1, 0.15) is 12.8 Å². The molecule has 0 spiro atoms. The van der Waals surface area contributed by atoms with E-state index in [1.807, 2.05) is 24.3 Å². The molecule has 130 valence electrons. The Morgan fingerprint density at radius 3 is 1.28 bits per heavy atom. The van der Waals surface area contributed by atoms with E-state index in [1.165, 1.54) is 22.7 Å². The molecule has 0 aromatic carbocycles. The van der Waals surface area contributed by atoms with E-state index in [0.29, 0.717) is 10.0 Å². The van der Waals surface area contributed by atoms with Crippen LogP contribution in [0.15, 0.2) is 59.3 Å². The molecule has 2 N–H and O–H groups in total. The Morgan fingerprint density at radius 1 is 0.800 bits per heavy atom. The molecule has 25 heavy (non-hydrogen) atoms. The minimum atomic E-state index is 0. The van der Waals surface area contributed by atoms with Gasteiger partial charge >= 0.3 is 26.2 Å². The summed E-state index contributed by atoms with van der Waals surface area (Å²) in [6, 6.07) is 3.31. The summed E-state index contributed by atoms with van der Waals surface area (Å²) in [7, 11) is 0. The van der Waals surface area contributed by atoms with E-state index in [9.17, 15) is 0 Å². The van der Waals surface area contributed by atoms with Crippen molar-refractivity contribution >= 4 is 45.9 Å². The number of thiophene rings is 2. The topological polar surface area (TPSA) is 40.5 Å². The second kappa shape index (κ2) is 15.7. The van der Waals surface area contributed by atoms with E-state index in [-0.39, 0.29) is 36.3 Å². The molecule has 2 aliphatic carbocycles. The molecule has 2 nitrogen and oxygen atoms in total. The van der Waals surface area contributed by atoms with Gasteiger partial charge in [-0.15, -0.1) is 35.5 Å². The maximum absolute atomic E-state index is 8.65. The summed E-state index contributed by atoms with van der Waals surface area (Å²) in [5.41, 5.74) is 0. The minimum absolute atomic E-state index is 0. The summed E-state index contributed by atoms with van der Waals surface area (Å²) >= 11 is 13.2. The molecular formula is C18H16Cl2O2S2Zr. The molecule has 7 heteroatoms. The van der Waals surface area contributed by atoms with E-state index in [2.05, 4.69) is 24.3 Å². The molecule has 4 rings (SSSR count). The van der Waals surface area contributed by atoms with Gasteiger partial charge in [0.15, 0.2) is 10.1 Å². The molecule has 2 heterocycles. The van der Waals surface area contributed by atoms with Crippen molar-refractivity contribution in [3.05, 3.63) is 81.5 Å². The van der Waals surface area contributed by atoms with E-state index in [1.54, 1.807) is 22.9 Å². The van der Waals surface area contributed by atoms with E-state index in [4.69, 9.17) is 33.4 Å². The van der Waals surface area contributed by atoms with Gasteiger partial charge < -0.3 is 10.2 Å². The second-order valence-corrected chi connectivity index (χ2v) is 6.76. The Morgan fingerprint density at radius 2 is 1.20 bits per heavy atom. The van der Waals surface area contributed by atoms with Crippen molar-refractivity contribution in [1.82, 2.24) is 0 Å². The normalized spacial score (nSPS) is 12.2. The summed E-state index contributed by atoms with van der Waals surface area (Å²) in [5, 5.41) is 22.0. The van der Waals surface area contributed by atoms with Crippen molar-refractivity contribution in [1.29, 1.82) is 0 Å². The Kier molecular flexibility index (Phi) is 15.3. The quantitative estimate of drug-likeness (QED) is 0.398. The van der Waals surface area contributed by atoms with Gasteiger partial charge in [-0.2, -0.15) is 12.2 Å². The number of halogens is 2. The fourth-order valence-corrected chi connectivity index (χ4v) is 2.82. The molecule has 2 aliphatic rings. The standard InChI is InChI=1S/2C5H5.2C4H3ClOS.Zr/c2*1-2-4-5-3-1;2*5-3-1-2-7-4(3)6;/h2*1-3H,4H2;2*1-2,6H;/q2*-1;;;+2. The van der Waals surface area contributed by atoms with Crippen molar-refractivity contribution < 1.29 is 36.4 Å². The van der Waals surface area contributed by atoms with E-state index < -0.39 is 0 Å². The Labute approximate surface area is 185 Å². The Hall–Kier alpha value is -0.577. The average molecular weight is 491 g/mol. The summed E-state index contributed by atoms with van der Waals surface area (Å²) in [4.78, 5) is 0. The maximum Gasteiger partial charge on any atom is 2.00 e. The SMILES string of the molecule is Oc1sccc1Cl.Oc1sccc1Cl.[C-]1=CC=CC1.[C-]1=CC=CC1.[Zr+2]. The van der Waals surface area contributed by atoms with Gasteiger partial charge in [0.1, 0.15) is 0 Å². The van der Waals surface area contributed by atoms with Gasteiger partial charge in [-0.25, -0.2) is 24.3 Å². The third kappa shape index (κ3) is 12.4. The molecule has 0 amide bonds. The van der Waals surface area contributed by atoms with Crippen LogP contribution in [0.5, 0.6) is 10.1 Å². The van der Waals surface area contributed by atoms with Crippen LogP contribution in [0, 0.1) is 12.2 Å². The summed E-state index contributed by atoms with van der Waals surface area (Å²) < 4.78 is 0. The zero-order valence-corrected chi connectivity index (χ0v) is 18.8. The zero-order valence-electron chi connectivity index (χ0n) is 13.2. The molecule has 0 saturated carbocycles. The van der Waals surface area contributed by atoms with Gasteiger partial charge in [-0.1, -0.05) is 23.2 Å². The number of hydrogen-bond acceptors (Lipinski definition) is 4. The molecule has 0 fully saturated rings. The van der Waals surface area contributed by atoms with Crippen LogP contribution >= 0.6 is 45.9 Å².